The summed E-state index contributed by atoms with van der Waals surface area (Å²) < 4.78 is 7.23. The van der Waals surface area contributed by atoms with E-state index in [1.807, 2.05) is 13.2 Å². The number of carbonyl (C=O) groups is 1. The first-order valence-corrected chi connectivity index (χ1v) is 7.31. The van der Waals surface area contributed by atoms with Crippen molar-refractivity contribution in [3.8, 4) is 0 Å². The summed E-state index contributed by atoms with van der Waals surface area (Å²) in [5.41, 5.74) is 2.21. The summed E-state index contributed by atoms with van der Waals surface area (Å²) in [4.78, 5) is 12.0. The van der Waals surface area contributed by atoms with Crippen LogP contribution in [-0.4, -0.2) is 20.7 Å². The molecule has 1 aliphatic rings. The van der Waals surface area contributed by atoms with E-state index in [0.717, 1.165) is 5.69 Å². The van der Waals surface area contributed by atoms with Crippen molar-refractivity contribution in [2.24, 2.45) is 7.05 Å². The van der Waals surface area contributed by atoms with Crippen LogP contribution in [0, 0.1) is 0 Å². The molecule has 1 aliphatic carbocycles. The zero-order valence-electron chi connectivity index (χ0n) is 11.0. The van der Waals surface area contributed by atoms with Crippen molar-refractivity contribution in [2.75, 3.05) is 0 Å². The minimum atomic E-state index is -0.205. The molecule has 6 heteroatoms. The van der Waals surface area contributed by atoms with Gasteiger partial charge in [-0.05, 0) is 46.8 Å². The lowest BCUT2D eigenvalue weighted by Crippen LogP contribution is -2.09. The standard InChI is InChI=1S/C14H14BrN3O2/c1-18-11(10(8-16-18)9-3-2-4-9)5-6-12(19)13-7-14(15)17-20-13/h5-9H,2-4H2,1H3/b6-5+. The predicted molar refractivity (Wildman–Crippen MR) is 77.4 cm³/mol. The Balaban J connectivity index is 1.81. The van der Waals surface area contributed by atoms with E-state index < -0.39 is 0 Å². The van der Waals surface area contributed by atoms with Crippen molar-refractivity contribution in [3.63, 3.8) is 0 Å². The second kappa shape index (κ2) is 5.36. The topological polar surface area (TPSA) is 60.9 Å². The molecular weight excluding hydrogens is 322 g/mol. The summed E-state index contributed by atoms with van der Waals surface area (Å²) in [6, 6.07) is 1.56. The lowest BCUT2D eigenvalue weighted by molar-refractivity contribution is 0.101. The summed E-state index contributed by atoms with van der Waals surface area (Å²) >= 11 is 3.15. The fraction of sp³-hybridized carbons (Fsp3) is 0.357. The molecule has 0 amide bonds. The summed E-state index contributed by atoms with van der Waals surface area (Å²) in [5.74, 6) is 0.599. The summed E-state index contributed by atoms with van der Waals surface area (Å²) in [6.45, 7) is 0. The Hall–Kier alpha value is -1.69. The Labute approximate surface area is 124 Å². The summed E-state index contributed by atoms with van der Waals surface area (Å²) in [7, 11) is 1.89. The van der Waals surface area contributed by atoms with Crippen LogP contribution < -0.4 is 0 Å². The average Bonchev–Trinajstić information content (AvgIpc) is 2.93. The highest BCUT2D eigenvalue weighted by atomic mass is 79.9. The summed E-state index contributed by atoms with van der Waals surface area (Å²) in [6.07, 6.45) is 8.89. The van der Waals surface area contributed by atoms with Gasteiger partial charge in [0.2, 0.25) is 11.5 Å². The normalized spacial score (nSPS) is 15.7. The van der Waals surface area contributed by atoms with Gasteiger partial charge in [0.15, 0.2) is 0 Å². The van der Waals surface area contributed by atoms with Crippen LogP contribution in [0.3, 0.4) is 0 Å². The Morgan fingerprint density at radius 1 is 1.55 bits per heavy atom. The van der Waals surface area contributed by atoms with Gasteiger partial charge in [0.05, 0.1) is 11.9 Å². The highest BCUT2D eigenvalue weighted by molar-refractivity contribution is 9.10. The molecule has 5 nitrogen and oxygen atoms in total. The molecule has 0 saturated heterocycles. The van der Waals surface area contributed by atoms with Crippen molar-refractivity contribution in [3.05, 3.63) is 40.0 Å². The molecule has 2 heterocycles. The maximum absolute atomic E-state index is 12.0. The third-order valence-electron chi connectivity index (χ3n) is 3.68. The number of aryl methyl sites for hydroxylation is 1. The number of aromatic nitrogens is 3. The molecule has 0 atom stereocenters. The van der Waals surface area contributed by atoms with E-state index in [1.54, 1.807) is 16.8 Å². The Kier molecular flexibility index (Phi) is 3.56. The van der Waals surface area contributed by atoms with Crippen LogP contribution in [0.15, 0.2) is 27.5 Å². The van der Waals surface area contributed by atoms with Gasteiger partial charge in [-0.1, -0.05) is 11.6 Å². The largest absolute Gasteiger partial charge is 0.352 e. The number of nitrogens with zero attached hydrogens (tertiary/aromatic N) is 3. The van der Waals surface area contributed by atoms with E-state index in [9.17, 15) is 4.79 Å². The second-order valence-corrected chi connectivity index (χ2v) is 5.76. The third-order valence-corrected chi connectivity index (χ3v) is 4.05. The third kappa shape index (κ3) is 2.47. The SMILES string of the molecule is Cn1ncc(C2CCC2)c1/C=C/C(=O)c1cc(Br)no1. The molecule has 0 unspecified atom stereocenters. The summed E-state index contributed by atoms with van der Waals surface area (Å²) in [5, 5.41) is 7.92. The first kappa shape index (κ1) is 13.3. The van der Waals surface area contributed by atoms with Crippen LogP contribution >= 0.6 is 15.9 Å². The van der Waals surface area contributed by atoms with E-state index in [1.165, 1.54) is 30.9 Å². The molecule has 0 N–H and O–H groups in total. The van der Waals surface area contributed by atoms with E-state index >= 15 is 0 Å². The Morgan fingerprint density at radius 2 is 2.35 bits per heavy atom. The second-order valence-electron chi connectivity index (χ2n) is 4.95. The zero-order chi connectivity index (χ0) is 14.1. The van der Waals surface area contributed by atoms with Crippen LogP contribution in [-0.2, 0) is 7.05 Å². The molecule has 20 heavy (non-hydrogen) atoms. The van der Waals surface area contributed by atoms with Gasteiger partial charge >= 0.3 is 0 Å². The molecule has 0 radical (unpaired) electrons. The number of rotatable bonds is 4. The molecule has 0 aliphatic heterocycles. The number of hydrogen-bond donors (Lipinski definition) is 0. The van der Waals surface area contributed by atoms with E-state index in [0.29, 0.717) is 10.5 Å². The molecule has 2 aromatic heterocycles. The van der Waals surface area contributed by atoms with Crippen molar-refractivity contribution in [2.45, 2.75) is 25.2 Å². The molecule has 0 aromatic carbocycles. The van der Waals surface area contributed by atoms with Crippen LogP contribution in [0.25, 0.3) is 6.08 Å². The maximum Gasteiger partial charge on any atom is 0.223 e. The highest BCUT2D eigenvalue weighted by Crippen LogP contribution is 2.38. The Bertz CT molecular complexity index is 668. The van der Waals surface area contributed by atoms with Crippen LogP contribution in [0.2, 0.25) is 0 Å². The molecule has 3 rings (SSSR count). The van der Waals surface area contributed by atoms with Gasteiger partial charge in [0.25, 0.3) is 0 Å². The smallest absolute Gasteiger partial charge is 0.223 e. The monoisotopic (exact) mass is 335 g/mol. The predicted octanol–water partition coefficient (Wildman–Crippen LogP) is 3.33. The van der Waals surface area contributed by atoms with Crippen molar-refractivity contribution in [1.29, 1.82) is 0 Å². The fourth-order valence-electron chi connectivity index (χ4n) is 2.31. The molecule has 104 valence electrons. The molecule has 1 saturated carbocycles. The van der Waals surface area contributed by atoms with Gasteiger partial charge < -0.3 is 4.52 Å². The molecular formula is C14H14BrN3O2. The van der Waals surface area contributed by atoms with Crippen molar-refractivity contribution >= 4 is 27.8 Å². The van der Waals surface area contributed by atoms with Gasteiger partial charge in [-0.3, -0.25) is 9.48 Å². The van der Waals surface area contributed by atoms with Crippen LogP contribution in [0.4, 0.5) is 0 Å². The molecule has 1 fully saturated rings. The van der Waals surface area contributed by atoms with Gasteiger partial charge in [-0.15, -0.1) is 0 Å². The average molecular weight is 336 g/mol. The van der Waals surface area contributed by atoms with Gasteiger partial charge in [-0.2, -0.15) is 5.10 Å². The van der Waals surface area contributed by atoms with Crippen LogP contribution in [0.1, 0.15) is 47.0 Å². The number of allylic oxidation sites excluding steroid dienone is 1. The first-order valence-electron chi connectivity index (χ1n) is 6.51. The van der Waals surface area contributed by atoms with Crippen molar-refractivity contribution < 1.29 is 9.32 Å². The minimum absolute atomic E-state index is 0.205. The van der Waals surface area contributed by atoms with E-state index in [2.05, 4.69) is 26.2 Å². The highest BCUT2D eigenvalue weighted by Gasteiger charge is 2.23. The van der Waals surface area contributed by atoms with E-state index in [4.69, 9.17) is 4.52 Å². The number of hydrogen-bond acceptors (Lipinski definition) is 4. The number of ketones is 1. The minimum Gasteiger partial charge on any atom is -0.352 e. The molecule has 2 aromatic rings. The van der Waals surface area contributed by atoms with Gasteiger partial charge in [-0.25, -0.2) is 0 Å². The zero-order valence-corrected chi connectivity index (χ0v) is 12.6. The van der Waals surface area contributed by atoms with Crippen LogP contribution in [0.5, 0.6) is 0 Å². The lowest BCUT2D eigenvalue weighted by atomic mass is 9.80. The maximum atomic E-state index is 12.0. The van der Waals surface area contributed by atoms with Gasteiger partial charge in [0, 0.05) is 18.7 Å². The molecule has 0 bridgehead atoms. The lowest BCUT2D eigenvalue weighted by Gasteiger charge is -2.25. The number of carbonyl (C=O) groups excluding carboxylic acids is 1. The van der Waals surface area contributed by atoms with E-state index in [-0.39, 0.29) is 11.5 Å². The fourth-order valence-corrected chi connectivity index (χ4v) is 2.59. The quantitative estimate of drug-likeness (QED) is 0.635. The van der Waals surface area contributed by atoms with Gasteiger partial charge in [0.1, 0.15) is 4.60 Å². The first-order chi connectivity index (χ1) is 9.65. The Morgan fingerprint density at radius 3 is 2.95 bits per heavy atom. The number of halogens is 1. The molecule has 0 spiro atoms. The van der Waals surface area contributed by atoms with Crippen molar-refractivity contribution in [1.82, 2.24) is 14.9 Å².